The molecule has 0 radical (unpaired) electrons. The molecule has 0 atom stereocenters. The fourth-order valence-electron chi connectivity index (χ4n) is 13.5. The summed E-state index contributed by atoms with van der Waals surface area (Å²) in [5.41, 5.74) is 8.77. The Balaban J connectivity index is 0.000000300. The molecule has 6 aromatic rings. The molecule has 1 aliphatic rings. The van der Waals surface area contributed by atoms with Gasteiger partial charge in [0.1, 0.15) is 11.0 Å². The van der Waals surface area contributed by atoms with E-state index in [0.717, 1.165) is 67.5 Å². The molecular formula is C76H124Br2N4S2SiSn2. The summed E-state index contributed by atoms with van der Waals surface area (Å²) in [5.74, 6) is 0. The van der Waals surface area contributed by atoms with Gasteiger partial charge < -0.3 is 0 Å². The van der Waals surface area contributed by atoms with Gasteiger partial charge in [-0.05, 0) is 95.4 Å². The number of aromatic nitrogens is 4. The predicted octanol–water partition coefficient (Wildman–Crippen LogP) is 25.0. The van der Waals surface area contributed by atoms with E-state index in [0.29, 0.717) is 0 Å². The zero-order chi connectivity index (χ0) is 62.7. The molecule has 0 saturated carbocycles. The summed E-state index contributed by atoms with van der Waals surface area (Å²) in [6.07, 6.45) is 52.2. The Morgan fingerprint density at radius 3 is 0.828 bits per heavy atom. The third-order valence-electron chi connectivity index (χ3n) is 19.1. The molecule has 0 amide bonds. The Hall–Kier alpha value is -0.446. The molecule has 4 nitrogen and oxygen atoms in total. The van der Waals surface area contributed by atoms with Gasteiger partial charge in [0, 0.05) is 19.7 Å². The van der Waals surface area contributed by atoms with Crippen molar-refractivity contribution in [1.29, 1.82) is 0 Å². The molecule has 7 rings (SSSR count). The van der Waals surface area contributed by atoms with Gasteiger partial charge in [-0.1, -0.05) is 156 Å². The van der Waals surface area contributed by atoms with Gasteiger partial charge >= 0.3 is 238 Å². The van der Waals surface area contributed by atoms with Gasteiger partial charge in [0.05, 0.1) is 33.8 Å². The summed E-state index contributed by atoms with van der Waals surface area (Å²) < 4.78 is 5.70. The molecule has 0 N–H and O–H groups in total. The van der Waals surface area contributed by atoms with Crippen molar-refractivity contribution >= 4 is 148 Å². The minimum absolute atomic E-state index is 0.978. The van der Waals surface area contributed by atoms with Crippen molar-refractivity contribution in [1.82, 2.24) is 19.9 Å². The van der Waals surface area contributed by atoms with Crippen LogP contribution in [0.15, 0.2) is 33.2 Å². The first-order chi connectivity index (χ1) is 42.1. The number of fused-ring (bicyclic) bond motifs is 8. The van der Waals surface area contributed by atoms with Gasteiger partial charge in [-0.15, -0.1) is 0 Å². The Morgan fingerprint density at radius 2 is 0.563 bits per heavy atom. The van der Waals surface area contributed by atoms with Crippen LogP contribution in [0.2, 0.25) is 41.7 Å². The molecule has 0 fully saturated rings. The van der Waals surface area contributed by atoms with Gasteiger partial charge in [0.25, 0.3) is 0 Å². The standard InChI is InChI=1S/C46H70Br2N4.C24H36S2Si.6CH3.2Sn/c1-5-9-13-17-21-25-29-39-41(31-27-23-19-15-11-7-3)51-45-37(47)34-36-35(43(45)49-39)33-38(48)46-44(36)50-40(30-26-22-18-14-10-6-2)42(52-46)32-28-24-20-16-12-8-4;1-3-5-7-9-11-13-19-27(20-14-12-10-8-6-4-2)21-15-17-25-23(21)24-22(27)16-18-26-24;;;;;;;;/h33-34H,5-32H2,1-4H3;15-16H,3-14,19-20H2,1-2H3;6*1H3;;. The van der Waals surface area contributed by atoms with E-state index >= 15 is 0 Å². The minimum atomic E-state index is -2.08. The summed E-state index contributed by atoms with van der Waals surface area (Å²) >= 11 is 8.32. The van der Waals surface area contributed by atoms with Crippen molar-refractivity contribution in [2.24, 2.45) is 0 Å². The minimum Gasteiger partial charge on any atom is -0.249 e. The average molecular weight is 1580 g/mol. The molecule has 0 aliphatic carbocycles. The first-order valence-corrected chi connectivity index (χ1v) is 62.3. The van der Waals surface area contributed by atoms with Crippen LogP contribution in [-0.2, 0) is 25.7 Å². The zero-order valence-corrected chi connectivity index (χ0v) is 69.4. The number of aryl methyl sites for hydroxylation is 4. The van der Waals surface area contributed by atoms with Crippen LogP contribution in [0.4, 0.5) is 0 Å². The van der Waals surface area contributed by atoms with E-state index in [4.69, 9.17) is 19.9 Å². The molecule has 0 spiro atoms. The Labute approximate surface area is 568 Å². The van der Waals surface area contributed by atoms with Crippen molar-refractivity contribution in [2.45, 2.75) is 340 Å². The van der Waals surface area contributed by atoms with E-state index in [-0.39, 0.29) is 0 Å². The maximum absolute atomic E-state index is 5.51. The van der Waals surface area contributed by atoms with Gasteiger partial charge in [-0.2, -0.15) is 0 Å². The monoisotopic (exact) mass is 1580 g/mol. The third kappa shape index (κ3) is 22.9. The quantitative estimate of drug-likeness (QED) is 0.0217. The molecule has 11 heteroatoms. The number of hydrogen-bond acceptors (Lipinski definition) is 6. The second kappa shape index (κ2) is 40.1. The van der Waals surface area contributed by atoms with E-state index in [1.165, 1.54) is 266 Å². The molecule has 0 bridgehead atoms. The summed E-state index contributed by atoms with van der Waals surface area (Å²) in [6, 6.07) is 13.2. The van der Waals surface area contributed by atoms with Crippen LogP contribution in [0.25, 0.3) is 42.6 Å². The summed E-state index contributed by atoms with van der Waals surface area (Å²) in [5, 5.41) is 6.10. The van der Waals surface area contributed by atoms with Crippen molar-refractivity contribution in [2.75, 3.05) is 0 Å². The van der Waals surface area contributed by atoms with Crippen LogP contribution < -0.4 is 16.2 Å². The van der Waals surface area contributed by atoms with Crippen molar-refractivity contribution in [3.05, 3.63) is 56.0 Å². The van der Waals surface area contributed by atoms with Crippen LogP contribution in [0, 0.1) is 0 Å². The molecule has 87 heavy (non-hydrogen) atoms. The normalized spacial score (nSPS) is 13.1. The van der Waals surface area contributed by atoms with E-state index in [1.807, 2.05) is 16.2 Å². The van der Waals surface area contributed by atoms with Crippen LogP contribution >= 0.6 is 54.5 Å². The SMILES string of the molecule is CCCCCCCC[Si]1(CCCCCCCC)c2c[c]([Sn]([CH3])([CH3])[CH3])sc2-c2s[c]([Sn]([CH3])([CH3])[CH3])cc21.CCCCCCCCc1nc2c(Br)cc3c(cc(Br)c4nc(CCCCCCCC)c(CCCCCCCC)nc43)c2nc1CCCCCCCC. The third-order valence-corrected chi connectivity index (χ3v) is 47.2. The van der Waals surface area contributed by atoms with Gasteiger partial charge in [-0.3, -0.25) is 0 Å². The van der Waals surface area contributed by atoms with Crippen LogP contribution in [-0.4, -0.2) is 64.8 Å². The number of hydrogen-bond donors (Lipinski definition) is 0. The molecule has 4 aromatic heterocycles. The predicted molar refractivity (Wildman–Crippen MR) is 409 cm³/mol. The smallest absolute Gasteiger partial charge is 0.104 e. The second-order valence-electron chi connectivity index (χ2n) is 28.8. The molecule has 2 aromatic carbocycles. The molecule has 0 saturated heterocycles. The van der Waals surface area contributed by atoms with Gasteiger partial charge in [0.15, 0.2) is 0 Å². The Morgan fingerprint density at radius 1 is 0.322 bits per heavy atom. The Bertz CT molecular complexity index is 2760. The van der Waals surface area contributed by atoms with Crippen LogP contribution in [0.5, 0.6) is 0 Å². The number of unbranched alkanes of at least 4 members (excludes halogenated alkanes) is 30. The Kier molecular flexibility index (Phi) is 34.8. The van der Waals surface area contributed by atoms with E-state index in [2.05, 4.69) is 150 Å². The summed E-state index contributed by atoms with van der Waals surface area (Å²) in [6.45, 7) is 13.8. The molecule has 5 heterocycles. The van der Waals surface area contributed by atoms with E-state index in [9.17, 15) is 0 Å². The molecule has 0 unspecified atom stereocenters. The maximum Gasteiger partial charge on any atom is 0.104 e. The van der Waals surface area contributed by atoms with Crippen molar-refractivity contribution in [3.63, 3.8) is 0 Å². The largest absolute Gasteiger partial charge is 0.249 e. The van der Waals surface area contributed by atoms with E-state index < -0.39 is 44.8 Å². The fraction of sp³-hybridized carbons (Fsp3) is 0.711. The van der Waals surface area contributed by atoms with Gasteiger partial charge in [0.2, 0.25) is 0 Å². The topological polar surface area (TPSA) is 51.6 Å². The van der Waals surface area contributed by atoms with E-state index in [1.54, 1.807) is 9.75 Å². The van der Waals surface area contributed by atoms with Crippen molar-refractivity contribution in [3.8, 4) is 9.75 Å². The summed E-state index contributed by atoms with van der Waals surface area (Å²) in [4.78, 5) is 41.2. The zero-order valence-electron chi connectivity index (χ0n) is 57.9. The second-order valence-corrected chi connectivity index (χ2v) is 67.7. The maximum atomic E-state index is 5.51. The first-order valence-electron chi connectivity index (χ1n) is 36.7. The number of benzene rings is 2. The van der Waals surface area contributed by atoms with Crippen LogP contribution in [0.1, 0.15) is 295 Å². The van der Waals surface area contributed by atoms with Crippen LogP contribution in [0.3, 0.4) is 0 Å². The molecular weight excluding hydrogens is 1460 g/mol. The fourth-order valence-corrected chi connectivity index (χ4v) is 35.2. The summed E-state index contributed by atoms with van der Waals surface area (Å²) in [7, 11) is -1.64. The number of thiophene rings is 2. The molecule has 486 valence electrons. The van der Waals surface area contributed by atoms with Crippen molar-refractivity contribution < 1.29 is 0 Å². The molecule has 1 aliphatic heterocycles. The number of rotatable bonds is 44. The average Bonchev–Trinajstić information content (AvgIpc) is 1.61. The first kappa shape index (κ1) is 75.6. The number of nitrogens with zero attached hydrogens (tertiary/aromatic N) is 4. The van der Waals surface area contributed by atoms with Gasteiger partial charge in [-0.25, -0.2) is 19.9 Å². The number of halogens is 2.